The molecule has 104 valence electrons. The van der Waals surface area contributed by atoms with Gasteiger partial charge < -0.3 is 5.11 Å². The topological polar surface area (TPSA) is 50.2 Å². The number of hydrogen-bond donors (Lipinski definition) is 1. The zero-order chi connectivity index (χ0) is 14.7. The molecular formula is C15H13BrFNO2. The third kappa shape index (κ3) is 3.42. The first-order valence-corrected chi connectivity index (χ1v) is 6.86. The minimum Gasteiger partial charge on any atom is -0.481 e. The summed E-state index contributed by atoms with van der Waals surface area (Å²) in [5.74, 6) is -2.69. The van der Waals surface area contributed by atoms with Gasteiger partial charge in [-0.15, -0.1) is 0 Å². The molecule has 0 saturated heterocycles. The van der Waals surface area contributed by atoms with Gasteiger partial charge in [0, 0.05) is 10.7 Å². The molecule has 0 aliphatic carbocycles. The lowest BCUT2D eigenvalue weighted by atomic mass is 9.95. The van der Waals surface area contributed by atoms with Gasteiger partial charge in [-0.2, -0.15) is 0 Å². The van der Waals surface area contributed by atoms with Crippen molar-refractivity contribution in [3.63, 3.8) is 0 Å². The monoisotopic (exact) mass is 337 g/mol. The van der Waals surface area contributed by atoms with Gasteiger partial charge in [-0.05, 0) is 40.9 Å². The lowest BCUT2D eigenvalue weighted by molar-refractivity contribution is -0.138. The smallest absolute Gasteiger partial charge is 0.313 e. The van der Waals surface area contributed by atoms with Crippen LogP contribution in [-0.4, -0.2) is 16.1 Å². The lowest BCUT2D eigenvalue weighted by Crippen LogP contribution is -2.17. The van der Waals surface area contributed by atoms with Gasteiger partial charge in [0.25, 0.3) is 0 Å². The minimum atomic E-state index is -1.08. The number of aromatic nitrogens is 1. The Labute approximate surface area is 124 Å². The standard InChI is InChI=1S/C15H13BrFNO2/c1-9-2-4-10(5-3-9)6-12(15(19)20)14-13(17)7-11(16)8-18-14/h2-5,7-8,12H,6H2,1H3,(H,19,20). The highest BCUT2D eigenvalue weighted by Gasteiger charge is 2.25. The van der Waals surface area contributed by atoms with Crippen molar-refractivity contribution >= 4 is 21.9 Å². The molecule has 0 fully saturated rings. The van der Waals surface area contributed by atoms with Gasteiger partial charge in [0.15, 0.2) is 0 Å². The highest BCUT2D eigenvalue weighted by atomic mass is 79.9. The zero-order valence-electron chi connectivity index (χ0n) is 10.8. The van der Waals surface area contributed by atoms with E-state index in [1.54, 1.807) is 0 Å². The largest absolute Gasteiger partial charge is 0.481 e. The number of pyridine rings is 1. The maximum absolute atomic E-state index is 13.9. The summed E-state index contributed by atoms with van der Waals surface area (Å²) in [7, 11) is 0. The molecule has 0 aliphatic rings. The molecule has 0 radical (unpaired) electrons. The second kappa shape index (κ2) is 6.13. The van der Waals surface area contributed by atoms with Gasteiger partial charge in [-0.25, -0.2) is 4.39 Å². The number of carboxylic acids is 1. The van der Waals surface area contributed by atoms with Crippen molar-refractivity contribution in [2.75, 3.05) is 0 Å². The lowest BCUT2D eigenvalue weighted by Gasteiger charge is -2.13. The molecule has 1 unspecified atom stereocenters. The fourth-order valence-corrected chi connectivity index (χ4v) is 2.25. The summed E-state index contributed by atoms with van der Waals surface area (Å²) in [5, 5.41) is 9.32. The Balaban J connectivity index is 2.31. The van der Waals surface area contributed by atoms with Crippen LogP contribution >= 0.6 is 15.9 Å². The Hall–Kier alpha value is -1.75. The Morgan fingerprint density at radius 3 is 2.60 bits per heavy atom. The number of aryl methyl sites for hydroxylation is 1. The number of rotatable bonds is 4. The van der Waals surface area contributed by atoms with Crippen LogP contribution < -0.4 is 0 Å². The van der Waals surface area contributed by atoms with Crippen molar-refractivity contribution in [1.82, 2.24) is 4.98 Å². The molecule has 2 rings (SSSR count). The predicted octanol–water partition coefficient (Wildman–Crippen LogP) is 3.70. The molecule has 2 aromatic rings. The maximum atomic E-state index is 13.9. The molecule has 1 aromatic carbocycles. The summed E-state index contributed by atoms with van der Waals surface area (Å²) < 4.78 is 14.4. The fraction of sp³-hybridized carbons (Fsp3) is 0.200. The number of halogens is 2. The SMILES string of the molecule is Cc1ccc(CC(C(=O)O)c2ncc(Br)cc2F)cc1. The number of aliphatic carboxylic acids is 1. The fourth-order valence-electron chi connectivity index (χ4n) is 1.94. The van der Waals surface area contributed by atoms with E-state index in [0.29, 0.717) is 4.47 Å². The third-order valence-electron chi connectivity index (χ3n) is 3.02. The van der Waals surface area contributed by atoms with Crippen molar-refractivity contribution in [2.24, 2.45) is 0 Å². The molecule has 0 bridgehead atoms. The second-order valence-electron chi connectivity index (χ2n) is 4.60. The first-order valence-electron chi connectivity index (χ1n) is 6.06. The van der Waals surface area contributed by atoms with E-state index in [0.717, 1.165) is 11.1 Å². The molecular weight excluding hydrogens is 325 g/mol. The van der Waals surface area contributed by atoms with Crippen molar-refractivity contribution in [1.29, 1.82) is 0 Å². The van der Waals surface area contributed by atoms with E-state index in [4.69, 9.17) is 0 Å². The highest BCUT2D eigenvalue weighted by Crippen LogP contribution is 2.24. The third-order valence-corrected chi connectivity index (χ3v) is 3.46. The number of nitrogens with zero attached hydrogens (tertiary/aromatic N) is 1. The second-order valence-corrected chi connectivity index (χ2v) is 5.52. The summed E-state index contributed by atoms with van der Waals surface area (Å²) in [6, 6.07) is 8.73. The van der Waals surface area contributed by atoms with Crippen molar-refractivity contribution in [3.8, 4) is 0 Å². The average Bonchev–Trinajstić information content (AvgIpc) is 2.39. The van der Waals surface area contributed by atoms with Crippen LogP contribution in [0.15, 0.2) is 41.0 Å². The van der Waals surface area contributed by atoms with E-state index in [2.05, 4.69) is 20.9 Å². The predicted molar refractivity (Wildman–Crippen MR) is 77.2 cm³/mol. The van der Waals surface area contributed by atoms with Crippen LogP contribution in [-0.2, 0) is 11.2 Å². The Morgan fingerprint density at radius 1 is 1.40 bits per heavy atom. The summed E-state index contributed by atoms with van der Waals surface area (Å²) in [5.41, 5.74) is 1.89. The molecule has 0 spiro atoms. The van der Waals surface area contributed by atoms with Gasteiger partial charge in [0.2, 0.25) is 0 Å². The molecule has 1 aromatic heterocycles. The molecule has 1 N–H and O–H groups in total. The Bertz CT molecular complexity index is 628. The van der Waals surface area contributed by atoms with Gasteiger partial charge in [-0.3, -0.25) is 9.78 Å². The number of carbonyl (C=O) groups is 1. The van der Waals surface area contributed by atoms with Gasteiger partial charge in [-0.1, -0.05) is 29.8 Å². The van der Waals surface area contributed by atoms with Gasteiger partial charge in [0.05, 0.1) is 5.69 Å². The van der Waals surface area contributed by atoms with Gasteiger partial charge >= 0.3 is 5.97 Å². The summed E-state index contributed by atoms with van der Waals surface area (Å²) >= 11 is 3.11. The van der Waals surface area contributed by atoms with E-state index in [-0.39, 0.29) is 12.1 Å². The molecule has 5 heteroatoms. The first-order chi connectivity index (χ1) is 9.47. The van der Waals surface area contributed by atoms with Crippen LogP contribution in [0.1, 0.15) is 22.7 Å². The van der Waals surface area contributed by atoms with Crippen molar-refractivity contribution in [2.45, 2.75) is 19.3 Å². The van der Waals surface area contributed by atoms with Crippen LogP contribution in [0.2, 0.25) is 0 Å². The number of carboxylic acid groups (broad SMARTS) is 1. The molecule has 3 nitrogen and oxygen atoms in total. The summed E-state index contributed by atoms with van der Waals surface area (Å²) in [6.07, 6.45) is 1.62. The van der Waals surface area contributed by atoms with Crippen LogP contribution in [0.4, 0.5) is 4.39 Å². The van der Waals surface area contributed by atoms with Crippen LogP contribution in [0.25, 0.3) is 0 Å². The summed E-state index contributed by atoms with van der Waals surface area (Å²) in [4.78, 5) is 15.3. The summed E-state index contributed by atoms with van der Waals surface area (Å²) in [6.45, 7) is 1.95. The quantitative estimate of drug-likeness (QED) is 0.925. The number of benzene rings is 1. The zero-order valence-corrected chi connectivity index (χ0v) is 12.4. The van der Waals surface area contributed by atoms with Crippen LogP contribution in [0, 0.1) is 12.7 Å². The minimum absolute atomic E-state index is 0.0405. The van der Waals surface area contributed by atoms with Crippen LogP contribution in [0.5, 0.6) is 0 Å². The highest BCUT2D eigenvalue weighted by molar-refractivity contribution is 9.10. The molecule has 0 saturated carbocycles. The first kappa shape index (κ1) is 14.7. The Kier molecular flexibility index (Phi) is 4.49. The van der Waals surface area contributed by atoms with Crippen LogP contribution in [0.3, 0.4) is 0 Å². The normalized spacial score (nSPS) is 12.2. The van der Waals surface area contributed by atoms with E-state index in [1.165, 1.54) is 12.3 Å². The van der Waals surface area contributed by atoms with Gasteiger partial charge in [0.1, 0.15) is 11.7 Å². The molecule has 1 heterocycles. The number of hydrogen-bond acceptors (Lipinski definition) is 2. The van der Waals surface area contributed by atoms with E-state index in [9.17, 15) is 14.3 Å². The maximum Gasteiger partial charge on any atom is 0.313 e. The van der Waals surface area contributed by atoms with E-state index in [1.807, 2.05) is 31.2 Å². The van der Waals surface area contributed by atoms with Crippen molar-refractivity contribution < 1.29 is 14.3 Å². The molecule has 0 aliphatic heterocycles. The molecule has 1 atom stereocenters. The average molecular weight is 338 g/mol. The molecule has 20 heavy (non-hydrogen) atoms. The Morgan fingerprint density at radius 2 is 2.05 bits per heavy atom. The molecule has 0 amide bonds. The van der Waals surface area contributed by atoms with Crippen molar-refractivity contribution in [3.05, 3.63) is 63.6 Å². The van der Waals surface area contributed by atoms with E-state index < -0.39 is 17.7 Å². The van der Waals surface area contributed by atoms with E-state index >= 15 is 0 Å².